The van der Waals surface area contributed by atoms with Gasteiger partial charge in [-0.3, -0.25) is 4.79 Å². The smallest absolute Gasteiger partial charge is 0.277 e. The van der Waals surface area contributed by atoms with Crippen molar-refractivity contribution < 1.29 is 9.15 Å². The Bertz CT molecular complexity index is 1150. The van der Waals surface area contributed by atoms with E-state index in [1.165, 1.54) is 11.8 Å². The molecule has 2 aromatic carbocycles. The molecule has 1 N–H and O–H groups in total. The molecule has 1 atom stereocenters. The fraction of sp³-hybridized carbons (Fsp3) is 0.158. The maximum atomic E-state index is 12.2. The van der Waals surface area contributed by atoms with Gasteiger partial charge in [-0.2, -0.15) is 0 Å². The number of thioether (sulfide) groups is 1. The van der Waals surface area contributed by atoms with Gasteiger partial charge in [0, 0.05) is 0 Å². The molecule has 4 rings (SSSR count). The van der Waals surface area contributed by atoms with Crippen molar-refractivity contribution in [2.45, 2.75) is 17.4 Å². The summed E-state index contributed by atoms with van der Waals surface area (Å²) in [5, 5.41) is 8.97. The number of ether oxygens (including phenoxy) is 1. The lowest BCUT2D eigenvalue weighted by Crippen LogP contribution is -2.12. The van der Waals surface area contributed by atoms with Crippen molar-refractivity contribution in [3.63, 3.8) is 0 Å². The molecule has 0 saturated carbocycles. The minimum absolute atomic E-state index is 0.164. The van der Waals surface area contributed by atoms with E-state index in [0.29, 0.717) is 33.6 Å². The van der Waals surface area contributed by atoms with Crippen molar-refractivity contribution in [2.75, 3.05) is 7.11 Å². The summed E-state index contributed by atoms with van der Waals surface area (Å²) >= 11 is 1.33. The maximum Gasteiger partial charge on any atom is 0.277 e. The Balaban J connectivity index is 1.60. The summed E-state index contributed by atoms with van der Waals surface area (Å²) in [5.74, 6) is 1.59. The zero-order chi connectivity index (χ0) is 18.8. The lowest BCUT2D eigenvalue weighted by molar-refractivity contribution is 0.411. The zero-order valence-electron chi connectivity index (χ0n) is 14.7. The number of aromatic amines is 1. The highest BCUT2D eigenvalue weighted by Crippen LogP contribution is 2.35. The maximum absolute atomic E-state index is 12.2. The molecule has 27 heavy (non-hydrogen) atoms. The van der Waals surface area contributed by atoms with Gasteiger partial charge in [0.25, 0.3) is 16.7 Å². The molecule has 0 fully saturated rings. The van der Waals surface area contributed by atoms with E-state index in [1.54, 1.807) is 13.2 Å². The number of H-pyrrole nitrogens is 1. The first-order chi connectivity index (χ1) is 13.2. The lowest BCUT2D eigenvalue weighted by Gasteiger charge is -2.08. The molecule has 2 heterocycles. The monoisotopic (exact) mass is 380 g/mol. The Morgan fingerprint density at radius 2 is 1.89 bits per heavy atom. The van der Waals surface area contributed by atoms with Crippen molar-refractivity contribution in [1.82, 2.24) is 20.2 Å². The van der Waals surface area contributed by atoms with Crippen LogP contribution in [0.3, 0.4) is 0 Å². The Kier molecular flexibility index (Phi) is 4.64. The Hall–Kier alpha value is -3.13. The molecule has 0 spiro atoms. The number of hydrogen-bond acceptors (Lipinski definition) is 7. The average Bonchev–Trinajstić information content (AvgIpc) is 3.16. The van der Waals surface area contributed by atoms with Crippen LogP contribution in [0.15, 0.2) is 63.0 Å². The normalized spacial score (nSPS) is 12.2. The van der Waals surface area contributed by atoms with Crippen LogP contribution in [-0.4, -0.2) is 27.3 Å². The van der Waals surface area contributed by atoms with Gasteiger partial charge >= 0.3 is 0 Å². The molecule has 0 aliphatic rings. The van der Waals surface area contributed by atoms with Crippen molar-refractivity contribution in [3.05, 3.63) is 64.7 Å². The minimum Gasteiger partial charge on any atom is -0.496 e. The first-order valence-electron chi connectivity index (χ1n) is 8.28. The van der Waals surface area contributed by atoms with Gasteiger partial charge in [0.1, 0.15) is 11.6 Å². The van der Waals surface area contributed by atoms with Crippen LogP contribution in [0, 0.1) is 0 Å². The van der Waals surface area contributed by atoms with Gasteiger partial charge in [-0.15, -0.1) is 10.2 Å². The quantitative estimate of drug-likeness (QED) is 0.526. The van der Waals surface area contributed by atoms with Gasteiger partial charge in [0.2, 0.25) is 0 Å². The van der Waals surface area contributed by atoms with Crippen LogP contribution >= 0.6 is 11.8 Å². The van der Waals surface area contributed by atoms with Crippen LogP contribution in [0.2, 0.25) is 0 Å². The molecule has 0 bridgehead atoms. The van der Waals surface area contributed by atoms with E-state index in [0.717, 1.165) is 5.56 Å². The fourth-order valence-corrected chi connectivity index (χ4v) is 3.43. The van der Waals surface area contributed by atoms with Gasteiger partial charge in [0.15, 0.2) is 0 Å². The number of hydrogen-bond donors (Lipinski definition) is 1. The molecular weight excluding hydrogens is 364 g/mol. The van der Waals surface area contributed by atoms with Gasteiger partial charge in [-0.1, -0.05) is 36.0 Å². The molecule has 136 valence electrons. The van der Waals surface area contributed by atoms with Crippen molar-refractivity contribution >= 4 is 22.7 Å². The summed E-state index contributed by atoms with van der Waals surface area (Å²) in [6.45, 7) is 1.92. The summed E-state index contributed by atoms with van der Waals surface area (Å²) in [4.78, 5) is 19.6. The molecular formula is C19H16N4O3S. The van der Waals surface area contributed by atoms with Crippen LogP contribution in [0.5, 0.6) is 5.75 Å². The van der Waals surface area contributed by atoms with Crippen LogP contribution in [0.4, 0.5) is 0 Å². The number of rotatable bonds is 5. The molecule has 7 nitrogen and oxygen atoms in total. The molecule has 8 heteroatoms. The Morgan fingerprint density at radius 3 is 2.74 bits per heavy atom. The van der Waals surface area contributed by atoms with E-state index in [1.807, 2.05) is 49.4 Å². The molecule has 0 aliphatic carbocycles. The molecule has 0 amide bonds. The molecule has 0 unspecified atom stereocenters. The van der Waals surface area contributed by atoms with Crippen molar-refractivity contribution in [3.8, 4) is 17.2 Å². The van der Waals surface area contributed by atoms with Gasteiger partial charge in [-0.05, 0) is 31.2 Å². The number of benzene rings is 2. The van der Waals surface area contributed by atoms with Gasteiger partial charge in [0.05, 0.1) is 28.8 Å². The van der Waals surface area contributed by atoms with E-state index in [2.05, 4.69) is 20.2 Å². The number of nitrogens with one attached hydrogen (secondary N) is 1. The number of nitrogens with zero attached hydrogens (tertiary/aromatic N) is 3. The van der Waals surface area contributed by atoms with Crippen molar-refractivity contribution in [2.24, 2.45) is 0 Å². The van der Waals surface area contributed by atoms with Crippen LogP contribution in [0.25, 0.3) is 22.4 Å². The predicted octanol–water partition coefficient (Wildman–Crippen LogP) is 3.84. The SMILES string of the molecule is COc1ccccc1-c1nnc(S[C@H](C)c2nc3ccccc3c(=O)[nH]2)o1. The Labute approximate surface area is 158 Å². The minimum atomic E-state index is -0.173. The first kappa shape index (κ1) is 17.3. The second-order valence-electron chi connectivity index (χ2n) is 5.80. The molecule has 2 aromatic heterocycles. The number of methoxy groups -OCH3 is 1. The second kappa shape index (κ2) is 7.24. The summed E-state index contributed by atoms with van der Waals surface area (Å²) in [5.41, 5.74) is 1.22. The topological polar surface area (TPSA) is 93.9 Å². The predicted molar refractivity (Wildman–Crippen MR) is 103 cm³/mol. The molecule has 0 radical (unpaired) electrons. The highest BCUT2D eigenvalue weighted by Gasteiger charge is 2.18. The molecule has 0 aliphatic heterocycles. The largest absolute Gasteiger partial charge is 0.496 e. The third-order valence-corrected chi connectivity index (χ3v) is 4.98. The van der Waals surface area contributed by atoms with Crippen LogP contribution in [0.1, 0.15) is 18.0 Å². The number of aromatic nitrogens is 4. The molecule has 4 aromatic rings. The van der Waals surface area contributed by atoms with E-state index in [4.69, 9.17) is 9.15 Å². The summed E-state index contributed by atoms with van der Waals surface area (Å²) < 4.78 is 11.1. The number of fused-ring (bicyclic) bond motifs is 1. The molecule has 0 saturated heterocycles. The van der Waals surface area contributed by atoms with E-state index < -0.39 is 0 Å². The van der Waals surface area contributed by atoms with E-state index >= 15 is 0 Å². The highest BCUT2D eigenvalue weighted by atomic mass is 32.2. The highest BCUT2D eigenvalue weighted by molar-refractivity contribution is 7.99. The Morgan fingerprint density at radius 1 is 1.11 bits per heavy atom. The van der Waals surface area contributed by atoms with E-state index in [-0.39, 0.29) is 10.8 Å². The summed E-state index contributed by atoms with van der Waals surface area (Å²) in [6, 6.07) is 14.7. The number of para-hydroxylation sites is 2. The fourth-order valence-electron chi connectivity index (χ4n) is 2.69. The standard InChI is InChI=1S/C19H16N4O3S/c1-11(16-20-14-9-5-3-7-12(14)17(24)21-16)27-19-23-22-18(26-19)13-8-4-6-10-15(13)25-2/h3-11H,1-2H3,(H,20,21,24)/t11-/m1/s1. The van der Waals surface area contributed by atoms with Crippen molar-refractivity contribution in [1.29, 1.82) is 0 Å². The second-order valence-corrected chi connectivity index (χ2v) is 7.09. The third kappa shape index (κ3) is 3.43. The first-order valence-corrected chi connectivity index (χ1v) is 9.16. The average molecular weight is 380 g/mol. The van der Waals surface area contributed by atoms with E-state index in [9.17, 15) is 4.79 Å². The van der Waals surface area contributed by atoms with Gasteiger partial charge < -0.3 is 14.1 Å². The zero-order valence-corrected chi connectivity index (χ0v) is 15.5. The van der Waals surface area contributed by atoms with Crippen LogP contribution in [-0.2, 0) is 0 Å². The summed E-state index contributed by atoms with van der Waals surface area (Å²) in [6.07, 6.45) is 0. The summed E-state index contributed by atoms with van der Waals surface area (Å²) in [7, 11) is 1.59. The van der Waals surface area contributed by atoms with Gasteiger partial charge in [-0.25, -0.2) is 4.98 Å². The van der Waals surface area contributed by atoms with Crippen LogP contribution < -0.4 is 10.3 Å². The lowest BCUT2D eigenvalue weighted by atomic mass is 10.2. The third-order valence-electron chi connectivity index (χ3n) is 4.04.